The summed E-state index contributed by atoms with van der Waals surface area (Å²) < 4.78 is 10.1. The van der Waals surface area contributed by atoms with Gasteiger partial charge >= 0.3 is 0 Å². The van der Waals surface area contributed by atoms with Gasteiger partial charge in [0.05, 0.1) is 25.9 Å². The number of nitrogens with one attached hydrogen (secondary N) is 1. The van der Waals surface area contributed by atoms with Gasteiger partial charge in [-0.15, -0.1) is 0 Å². The van der Waals surface area contributed by atoms with E-state index in [-0.39, 0.29) is 0 Å². The first-order valence-corrected chi connectivity index (χ1v) is 6.39. The van der Waals surface area contributed by atoms with Crippen LogP contribution in [0.2, 0.25) is 0 Å². The van der Waals surface area contributed by atoms with E-state index in [1.165, 1.54) is 12.8 Å². The molecule has 1 atom stereocenters. The molecule has 5 nitrogen and oxygen atoms in total. The Morgan fingerprint density at radius 1 is 1.41 bits per heavy atom. The fraction of sp³-hybridized carbons (Fsp3) is 1.00. The standard InChI is InChI=1S/C12H26N2O3/c1-14(11-3-4-11)6-5-13-9-12(15)10-17-8-7-16-2/h11-13,15H,3-10H2,1-2H3. The van der Waals surface area contributed by atoms with Crippen molar-refractivity contribution in [3.05, 3.63) is 0 Å². The van der Waals surface area contributed by atoms with Gasteiger partial charge in [0, 0.05) is 32.8 Å². The Morgan fingerprint density at radius 2 is 2.18 bits per heavy atom. The van der Waals surface area contributed by atoms with E-state index in [1.54, 1.807) is 7.11 Å². The van der Waals surface area contributed by atoms with Gasteiger partial charge in [0.2, 0.25) is 0 Å². The predicted octanol–water partition coefficient (Wildman–Crippen LogP) is -0.306. The molecule has 102 valence electrons. The summed E-state index contributed by atoms with van der Waals surface area (Å²) in [5.74, 6) is 0. The topological polar surface area (TPSA) is 54.0 Å². The normalized spacial score (nSPS) is 17.6. The van der Waals surface area contributed by atoms with Gasteiger partial charge in [-0.1, -0.05) is 0 Å². The molecule has 0 heterocycles. The Hall–Kier alpha value is -0.200. The number of likely N-dealkylation sites (N-methyl/N-ethyl adjacent to an activating group) is 1. The number of aliphatic hydroxyl groups excluding tert-OH is 1. The minimum absolute atomic E-state index is 0.370. The van der Waals surface area contributed by atoms with E-state index in [0.29, 0.717) is 26.4 Å². The van der Waals surface area contributed by atoms with Crippen molar-refractivity contribution in [2.75, 3.05) is 53.6 Å². The number of methoxy groups -OCH3 is 1. The molecule has 0 aromatic rings. The van der Waals surface area contributed by atoms with Crippen molar-refractivity contribution in [1.82, 2.24) is 10.2 Å². The number of hydrogen-bond donors (Lipinski definition) is 2. The molecular weight excluding hydrogens is 220 g/mol. The number of nitrogens with zero attached hydrogens (tertiary/aromatic N) is 1. The maximum atomic E-state index is 9.59. The first-order valence-electron chi connectivity index (χ1n) is 6.39. The molecule has 2 N–H and O–H groups in total. The van der Waals surface area contributed by atoms with Crippen molar-refractivity contribution in [2.45, 2.75) is 25.0 Å². The summed E-state index contributed by atoms with van der Waals surface area (Å²) in [4.78, 5) is 2.37. The van der Waals surface area contributed by atoms with E-state index >= 15 is 0 Å². The Bertz CT molecular complexity index is 189. The van der Waals surface area contributed by atoms with Crippen LogP contribution in [0.25, 0.3) is 0 Å². The zero-order chi connectivity index (χ0) is 12.5. The smallest absolute Gasteiger partial charge is 0.0897 e. The molecule has 0 radical (unpaired) electrons. The predicted molar refractivity (Wildman–Crippen MR) is 67.2 cm³/mol. The van der Waals surface area contributed by atoms with Crippen LogP contribution in [0.1, 0.15) is 12.8 Å². The van der Waals surface area contributed by atoms with Crippen LogP contribution in [0, 0.1) is 0 Å². The monoisotopic (exact) mass is 246 g/mol. The van der Waals surface area contributed by atoms with Gasteiger partial charge in [-0.05, 0) is 19.9 Å². The third-order valence-electron chi connectivity index (χ3n) is 2.93. The quantitative estimate of drug-likeness (QED) is 0.490. The Balaban J connectivity index is 1.83. The lowest BCUT2D eigenvalue weighted by molar-refractivity contribution is 0.0137. The zero-order valence-corrected chi connectivity index (χ0v) is 11.0. The summed E-state index contributed by atoms with van der Waals surface area (Å²) in [6, 6.07) is 0.805. The van der Waals surface area contributed by atoms with E-state index in [9.17, 15) is 5.11 Å². The second kappa shape index (κ2) is 8.83. The van der Waals surface area contributed by atoms with Crippen LogP contribution in [0.3, 0.4) is 0 Å². The summed E-state index contributed by atoms with van der Waals surface area (Å²) in [5, 5.41) is 12.8. The van der Waals surface area contributed by atoms with E-state index in [2.05, 4.69) is 17.3 Å². The van der Waals surface area contributed by atoms with Crippen LogP contribution < -0.4 is 5.32 Å². The van der Waals surface area contributed by atoms with Gasteiger partial charge in [0.1, 0.15) is 0 Å². The first kappa shape index (κ1) is 14.9. The fourth-order valence-electron chi connectivity index (χ4n) is 1.64. The molecule has 1 aliphatic rings. The van der Waals surface area contributed by atoms with Crippen molar-refractivity contribution < 1.29 is 14.6 Å². The van der Waals surface area contributed by atoms with Crippen molar-refractivity contribution in [3.8, 4) is 0 Å². The Labute approximate surface area is 104 Å². The zero-order valence-electron chi connectivity index (χ0n) is 11.0. The average molecular weight is 246 g/mol. The highest BCUT2D eigenvalue weighted by molar-refractivity contribution is 4.82. The van der Waals surface area contributed by atoms with Crippen molar-refractivity contribution in [2.24, 2.45) is 0 Å². The summed E-state index contributed by atoms with van der Waals surface area (Å²) in [6.45, 7) is 4.04. The maximum Gasteiger partial charge on any atom is 0.0897 e. The van der Waals surface area contributed by atoms with Crippen LogP contribution in [-0.2, 0) is 9.47 Å². The molecule has 1 aliphatic carbocycles. The van der Waals surface area contributed by atoms with Gasteiger partial charge in [0.25, 0.3) is 0 Å². The average Bonchev–Trinajstić information content (AvgIpc) is 3.14. The minimum Gasteiger partial charge on any atom is -0.389 e. The Morgan fingerprint density at radius 3 is 2.82 bits per heavy atom. The molecule has 1 rings (SSSR count). The van der Waals surface area contributed by atoms with Crippen LogP contribution >= 0.6 is 0 Å². The molecule has 1 saturated carbocycles. The molecule has 1 fully saturated rings. The SMILES string of the molecule is COCCOCC(O)CNCCN(C)C1CC1. The third kappa shape index (κ3) is 7.68. The van der Waals surface area contributed by atoms with Crippen molar-refractivity contribution in [1.29, 1.82) is 0 Å². The van der Waals surface area contributed by atoms with E-state index in [4.69, 9.17) is 9.47 Å². The number of ether oxygens (including phenoxy) is 2. The van der Waals surface area contributed by atoms with Crippen LogP contribution in [0.15, 0.2) is 0 Å². The highest BCUT2D eigenvalue weighted by atomic mass is 16.5. The lowest BCUT2D eigenvalue weighted by Gasteiger charge is -2.17. The summed E-state index contributed by atoms with van der Waals surface area (Å²) in [5.41, 5.74) is 0. The fourth-order valence-corrected chi connectivity index (χ4v) is 1.64. The van der Waals surface area contributed by atoms with Crippen LogP contribution in [0.4, 0.5) is 0 Å². The molecule has 1 unspecified atom stereocenters. The Kier molecular flexibility index (Phi) is 7.72. The van der Waals surface area contributed by atoms with Crippen molar-refractivity contribution >= 4 is 0 Å². The lowest BCUT2D eigenvalue weighted by Crippen LogP contribution is -2.36. The lowest BCUT2D eigenvalue weighted by atomic mass is 10.3. The second-order valence-electron chi connectivity index (χ2n) is 4.64. The highest BCUT2D eigenvalue weighted by Gasteiger charge is 2.25. The third-order valence-corrected chi connectivity index (χ3v) is 2.93. The van der Waals surface area contributed by atoms with Gasteiger partial charge in [0.15, 0.2) is 0 Å². The summed E-state index contributed by atoms with van der Waals surface area (Å²) in [6.07, 6.45) is 2.25. The van der Waals surface area contributed by atoms with Gasteiger partial charge in [-0.25, -0.2) is 0 Å². The molecule has 0 amide bonds. The van der Waals surface area contributed by atoms with Gasteiger partial charge in [-0.3, -0.25) is 0 Å². The summed E-state index contributed by atoms with van der Waals surface area (Å²) in [7, 11) is 3.79. The molecular formula is C12H26N2O3. The molecule has 0 saturated heterocycles. The van der Waals surface area contributed by atoms with Crippen molar-refractivity contribution in [3.63, 3.8) is 0 Å². The van der Waals surface area contributed by atoms with E-state index in [0.717, 1.165) is 19.1 Å². The first-order chi connectivity index (χ1) is 8.24. The molecule has 5 heteroatoms. The van der Waals surface area contributed by atoms with E-state index in [1.807, 2.05) is 0 Å². The highest BCUT2D eigenvalue weighted by Crippen LogP contribution is 2.24. The molecule has 17 heavy (non-hydrogen) atoms. The summed E-state index contributed by atoms with van der Waals surface area (Å²) >= 11 is 0. The minimum atomic E-state index is -0.432. The molecule has 0 aromatic heterocycles. The number of rotatable bonds is 11. The van der Waals surface area contributed by atoms with Gasteiger partial charge in [-0.2, -0.15) is 0 Å². The molecule has 0 aliphatic heterocycles. The number of hydrogen-bond acceptors (Lipinski definition) is 5. The molecule has 0 spiro atoms. The number of aliphatic hydroxyl groups is 1. The second-order valence-corrected chi connectivity index (χ2v) is 4.64. The molecule has 0 bridgehead atoms. The van der Waals surface area contributed by atoms with Crippen LogP contribution in [-0.4, -0.2) is 75.8 Å². The largest absolute Gasteiger partial charge is 0.389 e. The van der Waals surface area contributed by atoms with Crippen LogP contribution in [0.5, 0.6) is 0 Å². The maximum absolute atomic E-state index is 9.59. The van der Waals surface area contributed by atoms with Gasteiger partial charge < -0.3 is 24.8 Å². The van der Waals surface area contributed by atoms with E-state index < -0.39 is 6.10 Å². The molecule has 0 aromatic carbocycles.